The van der Waals surface area contributed by atoms with Gasteiger partial charge in [0.1, 0.15) is 0 Å². The van der Waals surface area contributed by atoms with Gasteiger partial charge in [-0.3, -0.25) is 4.79 Å². The second kappa shape index (κ2) is 6.64. The van der Waals surface area contributed by atoms with Crippen LogP contribution in [-0.4, -0.2) is 5.91 Å². The zero-order valence-electron chi connectivity index (χ0n) is 11.5. The van der Waals surface area contributed by atoms with Gasteiger partial charge in [-0.25, -0.2) is 0 Å². The standard InChI is InChI=1S/C17H13ClN2OS/c18-16-10-9-15(22-16)17(21)20-14-8-4-7-13(11-14)19-12-5-2-1-3-6-12/h1-11,19H,(H,20,21). The van der Waals surface area contributed by atoms with E-state index in [0.29, 0.717) is 9.21 Å². The van der Waals surface area contributed by atoms with E-state index in [2.05, 4.69) is 10.6 Å². The molecule has 0 spiro atoms. The number of thiophene rings is 1. The van der Waals surface area contributed by atoms with Crippen molar-refractivity contribution in [1.82, 2.24) is 0 Å². The van der Waals surface area contributed by atoms with Crippen LogP contribution in [0.1, 0.15) is 9.67 Å². The van der Waals surface area contributed by atoms with Crippen LogP contribution in [0.2, 0.25) is 4.34 Å². The second-order valence-electron chi connectivity index (χ2n) is 4.63. The lowest BCUT2D eigenvalue weighted by molar-refractivity contribution is 0.103. The van der Waals surface area contributed by atoms with Crippen LogP contribution in [0.3, 0.4) is 0 Å². The molecule has 2 aromatic carbocycles. The number of para-hydroxylation sites is 1. The van der Waals surface area contributed by atoms with E-state index in [-0.39, 0.29) is 5.91 Å². The summed E-state index contributed by atoms with van der Waals surface area (Å²) >= 11 is 7.11. The van der Waals surface area contributed by atoms with Crippen molar-refractivity contribution >= 4 is 45.9 Å². The smallest absolute Gasteiger partial charge is 0.265 e. The van der Waals surface area contributed by atoms with Crippen molar-refractivity contribution < 1.29 is 4.79 Å². The van der Waals surface area contributed by atoms with E-state index in [1.165, 1.54) is 11.3 Å². The lowest BCUT2D eigenvalue weighted by atomic mass is 10.2. The van der Waals surface area contributed by atoms with E-state index in [9.17, 15) is 4.79 Å². The molecule has 0 unspecified atom stereocenters. The third-order valence-electron chi connectivity index (χ3n) is 2.98. The fourth-order valence-corrected chi connectivity index (χ4v) is 2.93. The predicted molar refractivity (Wildman–Crippen MR) is 93.4 cm³/mol. The molecule has 2 N–H and O–H groups in total. The Hall–Kier alpha value is -2.30. The van der Waals surface area contributed by atoms with Gasteiger partial charge in [-0.05, 0) is 42.5 Å². The SMILES string of the molecule is O=C(Nc1cccc(Nc2ccccc2)c1)c1ccc(Cl)s1. The molecule has 5 heteroatoms. The summed E-state index contributed by atoms with van der Waals surface area (Å²) in [5, 5.41) is 6.16. The Balaban J connectivity index is 1.72. The molecular weight excluding hydrogens is 316 g/mol. The number of carbonyl (C=O) groups is 1. The molecule has 3 nitrogen and oxygen atoms in total. The van der Waals surface area contributed by atoms with Gasteiger partial charge in [0.15, 0.2) is 0 Å². The van der Waals surface area contributed by atoms with Crippen molar-refractivity contribution in [2.24, 2.45) is 0 Å². The summed E-state index contributed by atoms with van der Waals surface area (Å²) in [6.07, 6.45) is 0. The van der Waals surface area contributed by atoms with Crippen molar-refractivity contribution in [2.45, 2.75) is 0 Å². The van der Waals surface area contributed by atoms with Gasteiger partial charge in [-0.15, -0.1) is 11.3 Å². The molecular formula is C17H13ClN2OS. The van der Waals surface area contributed by atoms with Gasteiger partial charge in [0.05, 0.1) is 9.21 Å². The summed E-state index contributed by atoms with van der Waals surface area (Å²) in [5.41, 5.74) is 2.64. The van der Waals surface area contributed by atoms with E-state index < -0.39 is 0 Å². The van der Waals surface area contributed by atoms with Gasteiger partial charge < -0.3 is 10.6 Å². The third-order valence-corrected chi connectivity index (χ3v) is 4.21. The Morgan fingerprint density at radius 1 is 0.864 bits per heavy atom. The van der Waals surface area contributed by atoms with Gasteiger partial charge >= 0.3 is 0 Å². The molecule has 0 atom stereocenters. The van der Waals surface area contributed by atoms with Crippen LogP contribution in [0.15, 0.2) is 66.7 Å². The lowest BCUT2D eigenvalue weighted by Gasteiger charge is -2.09. The second-order valence-corrected chi connectivity index (χ2v) is 6.34. The molecule has 0 radical (unpaired) electrons. The first kappa shape index (κ1) is 14.6. The Morgan fingerprint density at radius 3 is 2.32 bits per heavy atom. The highest BCUT2D eigenvalue weighted by atomic mass is 35.5. The summed E-state index contributed by atoms with van der Waals surface area (Å²) in [6.45, 7) is 0. The molecule has 0 aliphatic heterocycles. The summed E-state index contributed by atoms with van der Waals surface area (Å²) in [5.74, 6) is -0.159. The van der Waals surface area contributed by atoms with Crippen LogP contribution in [0.4, 0.5) is 17.1 Å². The van der Waals surface area contributed by atoms with Crippen molar-refractivity contribution in [3.05, 3.63) is 75.9 Å². The molecule has 0 aliphatic rings. The highest BCUT2D eigenvalue weighted by Crippen LogP contribution is 2.24. The van der Waals surface area contributed by atoms with E-state index in [4.69, 9.17) is 11.6 Å². The molecule has 1 amide bonds. The molecule has 3 rings (SSSR count). The summed E-state index contributed by atoms with van der Waals surface area (Å²) in [7, 11) is 0. The minimum absolute atomic E-state index is 0.159. The number of hydrogen-bond acceptors (Lipinski definition) is 3. The third kappa shape index (κ3) is 3.67. The highest BCUT2D eigenvalue weighted by Gasteiger charge is 2.09. The summed E-state index contributed by atoms with van der Waals surface area (Å²) in [6, 6.07) is 20.9. The van der Waals surface area contributed by atoms with Crippen LogP contribution in [0.5, 0.6) is 0 Å². The predicted octanol–water partition coefficient (Wildman–Crippen LogP) is 5.40. The van der Waals surface area contributed by atoms with Crippen LogP contribution in [0.25, 0.3) is 0 Å². The van der Waals surface area contributed by atoms with E-state index >= 15 is 0 Å². The Labute approximate surface area is 137 Å². The van der Waals surface area contributed by atoms with Crippen molar-refractivity contribution in [2.75, 3.05) is 10.6 Å². The summed E-state index contributed by atoms with van der Waals surface area (Å²) < 4.78 is 0.602. The number of hydrogen-bond donors (Lipinski definition) is 2. The topological polar surface area (TPSA) is 41.1 Å². The minimum Gasteiger partial charge on any atom is -0.355 e. The maximum atomic E-state index is 12.1. The molecule has 0 aliphatic carbocycles. The van der Waals surface area contributed by atoms with Crippen LogP contribution in [-0.2, 0) is 0 Å². The average Bonchev–Trinajstić information content (AvgIpc) is 2.95. The maximum absolute atomic E-state index is 12.1. The van der Waals surface area contributed by atoms with Crippen molar-refractivity contribution in [3.63, 3.8) is 0 Å². The molecule has 1 heterocycles. The molecule has 110 valence electrons. The first-order chi connectivity index (χ1) is 10.7. The van der Waals surface area contributed by atoms with Gasteiger partial charge in [0.25, 0.3) is 5.91 Å². The van der Waals surface area contributed by atoms with Crippen molar-refractivity contribution in [1.29, 1.82) is 0 Å². The van der Waals surface area contributed by atoms with E-state index in [1.807, 2.05) is 54.6 Å². The minimum atomic E-state index is -0.159. The maximum Gasteiger partial charge on any atom is 0.265 e. The monoisotopic (exact) mass is 328 g/mol. The van der Waals surface area contributed by atoms with Gasteiger partial charge in [-0.2, -0.15) is 0 Å². The van der Waals surface area contributed by atoms with Gasteiger partial charge in [0, 0.05) is 17.1 Å². The fourth-order valence-electron chi connectivity index (χ4n) is 1.99. The number of benzene rings is 2. The van der Waals surface area contributed by atoms with Crippen molar-refractivity contribution in [3.8, 4) is 0 Å². The first-order valence-corrected chi connectivity index (χ1v) is 7.89. The molecule has 3 aromatic rings. The van der Waals surface area contributed by atoms with E-state index in [1.54, 1.807) is 12.1 Å². The quantitative estimate of drug-likeness (QED) is 0.673. The molecule has 0 saturated carbocycles. The zero-order valence-corrected chi connectivity index (χ0v) is 13.1. The molecule has 0 saturated heterocycles. The van der Waals surface area contributed by atoms with Crippen LogP contribution >= 0.6 is 22.9 Å². The fraction of sp³-hybridized carbons (Fsp3) is 0. The van der Waals surface area contributed by atoms with Gasteiger partial charge in [-0.1, -0.05) is 35.9 Å². The number of nitrogens with one attached hydrogen (secondary N) is 2. The number of rotatable bonds is 4. The highest BCUT2D eigenvalue weighted by molar-refractivity contribution is 7.18. The molecule has 0 bridgehead atoms. The van der Waals surface area contributed by atoms with Crippen LogP contribution in [0, 0.1) is 0 Å². The van der Waals surface area contributed by atoms with Gasteiger partial charge in [0.2, 0.25) is 0 Å². The number of amides is 1. The normalized spacial score (nSPS) is 10.2. The molecule has 0 fully saturated rings. The molecule has 1 aromatic heterocycles. The Kier molecular flexibility index (Phi) is 4.42. The van der Waals surface area contributed by atoms with Crippen LogP contribution < -0.4 is 10.6 Å². The zero-order chi connectivity index (χ0) is 15.4. The Morgan fingerprint density at radius 2 is 1.59 bits per heavy atom. The first-order valence-electron chi connectivity index (χ1n) is 6.69. The number of anilines is 3. The number of halogens is 1. The van der Waals surface area contributed by atoms with E-state index in [0.717, 1.165) is 17.1 Å². The number of carbonyl (C=O) groups excluding carboxylic acids is 1. The largest absolute Gasteiger partial charge is 0.355 e. The Bertz CT molecular complexity index is 786. The molecule has 22 heavy (non-hydrogen) atoms. The average molecular weight is 329 g/mol. The summed E-state index contributed by atoms with van der Waals surface area (Å²) in [4.78, 5) is 12.7. The lowest BCUT2D eigenvalue weighted by Crippen LogP contribution is -2.10.